The minimum Gasteiger partial charge on any atom is -0.390 e. The van der Waals surface area contributed by atoms with Crippen LogP contribution in [0.4, 0.5) is 0 Å². The molecule has 1 aliphatic carbocycles. The maximum Gasteiger partial charge on any atom is 0.0653 e. The van der Waals surface area contributed by atoms with E-state index in [1.807, 2.05) is 0 Å². The molecular weight excluding hydrogens is 188 g/mol. The molecule has 0 bridgehead atoms. The number of hydrogen-bond donors (Lipinski definition) is 1. The Bertz CT molecular complexity index is 199. The molecule has 1 aliphatic heterocycles. The lowest BCUT2D eigenvalue weighted by Gasteiger charge is -2.30. The number of rotatable bonds is 3. The van der Waals surface area contributed by atoms with Gasteiger partial charge in [-0.1, -0.05) is 13.3 Å². The van der Waals surface area contributed by atoms with Gasteiger partial charge in [-0.05, 0) is 50.4 Å². The average Bonchev–Trinajstić information content (AvgIpc) is 2.61. The Balaban J connectivity index is 1.82. The SMILES string of the molecule is CCC1CCC(O)(CC2CCOCC2)C1. The van der Waals surface area contributed by atoms with E-state index in [4.69, 9.17) is 4.74 Å². The predicted molar refractivity (Wildman–Crippen MR) is 60.7 cm³/mol. The minimum atomic E-state index is -0.331. The molecule has 0 spiro atoms. The molecule has 15 heavy (non-hydrogen) atoms. The van der Waals surface area contributed by atoms with Gasteiger partial charge in [0.05, 0.1) is 5.60 Å². The first-order valence-corrected chi connectivity index (χ1v) is 6.52. The van der Waals surface area contributed by atoms with Crippen molar-refractivity contribution in [3.8, 4) is 0 Å². The second-order valence-electron chi connectivity index (χ2n) is 5.50. The molecule has 1 saturated carbocycles. The maximum absolute atomic E-state index is 10.5. The first-order chi connectivity index (χ1) is 7.22. The fourth-order valence-electron chi connectivity index (χ4n) is 3.24. The highest BCUT2D eigenvalue weighted by Crippen LogP contribution is 2.41. The Labute approximate surface area is 93.0 Å². The summed E-state index contributed by atoms with van der Waals surface area (Å²) in [6.07, 6.45) is 7.86. The summed E-state index contributed by atoms with van der Waals surface area (Å²) in [6, 6.07) is 0. The summed E-state index contributed by atoms with van der Waals surface area (Å²) >= 11 is 0. The molecule has 2 rings (SSSR count). The van der Waals surface area contributed by atoms with Crippen molar-refractivity contribution in [2.75, 3.05) is 13.2 Å². The third kappa shape index (κ3) is 2.94. The minimum absolute atomic E-state index is 0.331. The zero-order chi connectivity index (χ0) is 10.7. The van der Waals surface area contributed by atoms with E-state index in [-0.39, 0.29) is 5.60 Å². The highest BCUT2D eigenvalue weighted by Gasteiger charge is 2.38. The zero-order valence-electron chi connectivity index (χ0n) is 9.87. The van der Waals surface area contributed by atoms with E-state index in [0.717, 1.165) is 51.2 Å². The van der Waals surface area contributed by atoms with Crippen LogP contribution in [0, 0.1) is 11.8 Å². The molecule has 0 aromatic carbocycles. The van der Waals surface area contributed by atoms with Crippen LogP contribution in [0.5, 0.6) is 0 Å². The van der Waals surface area contributed by atoms with Crippen molar-refractivity contribution in [3.05, 3.63) is 0 Å². The summed E-state index contributed by atoms with van der Waals surface area (Å²) in [4.78, 5) is 0. The van der Waals surface area contributed by atoms with Gasteiger partial charge in [0.15, 0.2) is 0 Å². The van der Waals surface area contributed by atoms with E-state index in [9.17, 15) is 5.11 Å². The van der Waals surface area contributed by atoms with Crippen LogP contribution in [-0.4, -0.2) is 23.9 Å². The molecule has 1 saturated heterocycles. The first-order valence-electron chi connectivity index (χ1n) is 6.52. The van der Waals surface area contributed by atoms with Crippen LogP contribution in [0.25, 0.3) is 0 Å². The number of hydrogen-bond acceptors (Lipinski definition) is 2. The molecule has 2 heteroatoms. The summed E-state index contributed by atoms with van der Waals surface area (Å²) in [5.74, 6) is 1.48. The van der Waals surface area contributed by atoms with Gasteiger partial charge in [-0.2, -0.15) is 0 Å². The monoisotopic (exact) mass is 212 g/mol. The lowest BCUT2D eigenvalue weighted by Crippen LogP contribution is -2.30. The zero-order valence-corrected chi connectivity index (χ0v) is 9.87. The molecule has 1 N–H and O–H groups in total. The van der Waals surface area contributed by atoms with Crippen molar-refractivity contribution in [2.45, 2.75) is 57.5 Å². The second-order valence-corrected chi connectivity index (χ2v) is 5.50. The molecule has 1 heterocycles. The molecule has 2 nitrogen and oxygen atoms in total. The highest BCUT2D eigenvalue weighted by atomic mass is 16.5. The molecule has 2 unspecified atom stereocenters. The van der Waals surface area contributed by atoms with E-state index < -0.39 is 0 Å². The molecule has 2 fully saturated rings. The van der Waals surface area contributed by atoms with Crippen molar-refractivity contribution in [3.63, 3.8) is 0 Å². The second kappa shape index (κ2) is 4.84. The van der Waals surface area contributed by atoms with E-state index in [1.54, 1.807) is 0 Å². The highest BCUT2D eigenvalue weighted by molar-refractivity contribution is 4.90. The lowest BCUT2D eigenvalue weighted by molar-refractivity contribution is -0.00983. The van der Waals surface area contributed by atoms with Gasteiger partial charge in [0.1, 0.15) is 0 Å². The molecule has 2 aliphatic rings. The fourth-order valence-corrected chi connectivity index (χ4v) is 3.24. The summed E-state index contributed by atoms with van der Waals surface area (Å²) in [7, 11) is 0. The van der Waals surface area contributed by atoms with Gasteiger partial charge in [0, 0.05) is 13.2 Å². The molecular formula is C13H24O2. The average molecular weight is 212 g/mol. The van der Waals surface area contributed by atoms with E-state index >= 15 is 0 Å². The van der Waals surface area contributed by atoms with Crippen molar-refractivity contribution in [1.29, 1.82) is 0 Å². The van der Waals surface area contributed by atoms with Crippen LogP contribution in [0.3, 0.4) is 0 Å². The first kappa shape index (κ1) is 11.4. The molecule has 88 valence electrons. The Morgan fingerprint density at radius 2 is 1.93 bits per heavy atom. The summed E-state index contributed by atoms with van der Waals surface area (Å²) < 4.78 is 5.36. The third-order valence-corrected chi connectivity index (χ3v) is 4.27. The van der Waals surface area contributed by atoms with Gasteiger partial charge in [0.25, 0.3) is 0 Å². The smallest absolute Gasteiger partial charge is 0.0653 e. The lowest BCUT2D eigenvalue weighted by atomic mass is 9.84. The van der Waals surface area contributed by atoms with E-state index in [1.165, 1.54) is 12.8 Å². The van der Waals surface area contributed by atoms with Crippen LogP contribution >= 0.6 is 0 Å². The molecule has 0 amide bonds. The van der Waals surface area contributed by atoms with E-state index in [2.05, 4.69) is 6.92 Å². The van der Waals surface area contributed by atoms with Crippen LogP contribution in [0.1, 0.15) is 51.9 Å². The van der Waals surface area contributed by atoms with Gasteiger partial charge in [-0.15, -0.1) is 0 Å². The van der Waals surface area contributed by atoms with Gasteiger partial charge in [-0.3, -0.25) is 0 Å². The van der Waals surface area contributed by atoms with Crippen LogP contribution < -0.4 is 0 Å². The van der Waals surface area contributed by atoms with Gasteiger partial charge in [-0.25, -0.2) is 0 Å². The maximum atomic E-state index is 10.5. The normalized spacial score (nSPS) is 38.4. The van der Waals surface area contributed by atoms with Crippen LogP contribution in [0.15, 0.2) is 0 Å². The van der Waals surface area contributed by atoms with Crippen LogP contribution in [-0.2, 0) is 4.74 Å². The van der Waals surface area contributed by atoms with Crippen molar-refractivity contribution >= 4 is 0 Å². The summed E-state index contributed by atoms with van der Waals surface area (Å²) in [5, 5.41) is 10.5. The number of ether oxygens (including phenoxy) is 1. The summed E-state index contributed by atoms with van der Waals surface area (Å²) in [6.45, 7) is 4.04. The molecule has 2 atom stereocenters. The van der Waals surface area contributed by atoms with Gasteiger partial charge < -0.3 is 9.84 Å². The number of aliphatic hydroxyl groups is 1. The topological polar surface area (TPSA) is 29.5 Å². The molecule has 0 aromatic heterocycles. The fraction of sp³-hybridized carbons (Fsp3) is 1.00. The molecule has 0 aromatic rings. The molecule has 0 radical (unpaired) electrons. The Morgan fingerprint density at radius 3 is 2.53 bits per heavy atom. The Kier molecular flexibility index (Phi) is 3.68. The third-order valence-electron chi connectivity index (χ3n) is 4.27. The standard InChI is InChI=1S/C13H24O2/c1-2-11-3-6-13(14,9-11)10-12-4-7-15-8-5-12/h11-12,14H,2-10H2,1H3. The van der Waals surface area contributed by atoms with Crippen molar-refractivity contribution < 1.29 is 9.84 Å². The largest absolute Gasteiger partial charge is 0.390 e. The van der Waals surface area contributed by atoms with Gasteiger partial charge in [0.2, 0.25) is 0 Å². The quantitative estimate of drug-likeness (QED) is 0.779. The van der Waals surface area contributed by atoms with Gasteiger partial charge >= 0.3 is 0 Å². The van der Waals surface area contributed by atoms with Crippen molar-refractivity contribution in [2.24, 2.45) is 11.8 Å². The Hall–Kier alpha value is -0.0800. The van der Waals surface area contributed by atoms with E-state index in [0.29, 0.717) is 5.92 Å². The van der Waals surface area contributed by atoms with Crippen LogP contribution in [0.2, 0.25) is 0 Å². The Morgan fingerprint density at radius 1 is 1.20 bits per heavy atom. The summed E-state index contributed by atoms with van der Waals surface area (Å²) in [5.41, 5.74) is -0.331. The van der Waals surface area contributed by atoms with Crippen molar-refractivity contribution in [1.82, 2.24) is 0 Å². The predicted octanol–water partition coefficient (Wildman–Crippen LogP) is 2.74.